The molecule has 1 amide bonds. The molecule has 1 aromatic carbocycles. The van der Waals surface area contributed by atoms with Gasteiger partial charge in [0.05, 0.1) is 24.2 Å². The minimum absolute atomic E-state index is 0.194. The molecular formula is C24H32N4O2. The van der Waals surface area contributed by atoms with Gasteiger partial charge in [0.2, 0.25) is 5.91 Å². The van der Waals surface area contributed by atoms with Crippen molar-refractivity contribution < 1.29 is 9.53 Å². The molecule has 160 valence electrons. The Kier molecular flexibility index (Phi) is 5.66. The summed E-state index contributed by atoms with van der Waals surface area (Å²) in [6.45, 7) is 5.80. The van der Waals surface area contributed by atoms with E-state index in [2.05, 4.69) is 21.6 Å². The van der Waals surface area contributed by atoms with Gasteiger partial charge in [-0.3, -0.25) is 4.79 Å². The second kappa shape index (κ2) is 8.56. The standard InChI is InChI=1S/C24H32N4O2/c25-10-17-3-6-23-21(9-17)22-14-28(13-19(22)15-30-23)8-7-16-1-4-20(5-2-16)27-24(29)18-11-26-12-18/h3,6,9,16,18-20,22,26H,1-2,4-5,7-8,11-15H2,(H,27,29)/t16?,19-,20?,22+/m0/s1. The Hall–Kier alpha value is -2.10. The minimum atomic E-state index is 0.194. The summed E-state index contributed by atoms with van der Waals surface area (Å²) in [6.07, 6.45) is 5.95. The third kappa shape index (κ3) is 4.06. The number of carbonyl (C=O) groups is 1. The van der Waals surface area contributed by atoms with Crippen LogP contribution in [0.1, 0.15) is 49.1 Å². The normalized spacial score (nSPS) is 31.0. The van der Waals surface area contributed by atoms with Crippen LogP contribution in [0.4, 0.5) is 0 Å². The maximum Gasteiger partial charge on any atom is 0.225 e. The maximum absolute atomic E-state index is 12.1. The van der Waals surface area contributed by atoms with Gasteiger partial charge in [0, 0.05) is 49.6 Å². The fourth-order valence-corrected chi connectivity index (χ4v) is 5.65. The van der Waals surface area contributed by atoms with Gasteiger partial charge < -0.3 is 20.3 Å². The first kappa shape index (κ1) is 19.8. The zero-order valence-electron chi connectivity index (χ0n) is 17.6. The Morgan fingerprint density at radius 1 is 1.23 bits per heavy atom. The molecule has 3 aliphatic heterocycles. The summed E-state index contributed by atoms with van der Waals surface area (Å²) in [5, 5.41) is 15.7. The number of hydrogen-bond acceptors (Lipinski definition) is 5. The molecule has 1 aliphatic carbocycles. The van der Waals surface area contributed by atoms with Crippen LogP contribution >= 0.6 is 0 Å². The predicted molar refractivity (Wildman–Crippen MR) is 114 cm³/mol. The summed E-state index contributed by atoms with van der Waals surface area (Å²) >= 11 is 0. The van der Waals surface area contributed by atoms with E-state index in [1.165, 1.54) is 24.8 Å². The zero-order valence-corrected chi connectivity index (χ0v) is 17.6. The molecule has 0 spiro atoms. The lowest BCUT2D eigenvalue weighted by atomic mass is 9.83. The number of likely N-dealkylation sites (tertiary alicyclic amines) is 1. The summed E-state index contributed by atoms with van der Waals surface area (Å²) in [6, 6.07) is 8.50. The molecule has 6 heteroatoms. The van der Waals surface area contributed by atoms with E-state index in [-0.39, 0.29) is 11.8 Å². The number of nitriles is 1. The van der Waals surface area contributed by atoms with E-state index in [0.29, 0.717) is 17.9 Å². The number of ether oxygens (including phenoxy) is 1. The van der Waals surface area contributed by atoms with Crippen molar-refractivity contribution in [2.45, 2.75) is 44.1 Å². The van der Waals surface area contributed by atoms with Gasteiger partial charge in [-0.25, -0.2) is 0 Å². The van der Waals surface area contributed by atoms with Gasteiger partial charge in [0.25, 0.3) is 0 Å². The molecule has 6 nitrogen and oxygen atoms in total. The lowest BCUT2D eigenvalue weighted by Gasteiger charge is -2.33. The van der Waals surface area contributed by atoms with Crippen LogP contribution in [-0.2, 0) is 4.79 Å². The Morgan fingerprint density at radius 2 is 2.07 bits per heavy atom. The van der Waals surface area contributed by atoms with Gasteiger partial charge in [-0.1, -0.05) is 0 Å². The van der Waals surface area contributed by atoms with Gasteiger partial charge in [0.1, 0.15) is 5.75 Å². The highest BCUT2D eigenvalue weighted by molar-refractivity contribution is 5.80. The lowest BCUT2D eigenvalue weighted by molar-refractivity contribution is -0.127. The monoisotopic (exact) mass is 408 g/mol. The molecule has 4 aliphatic rings. The molecule has 2 saturated heterocycles. The number of nitrogens with zero attached hydrogens (tertiary/aromatic N) is 2. The van der Waals surface area contributed by atoms with Crippen molar-refractivity contribution in [2.24, 2.45) is 17.8 Å². The molecule has 30 heavy (non-hydrogen) atoms. The molecule has 0 radical (unpaired) electrons. The average Bonchev–Trinajstić information content (AvgIpc) is 3.15. The molecule has 0 bridgehead atoms. The van der Waals surface area contributed by atoms with Gasteiger partial charge >= 0.3 is 0 Å². The zero-order chi connectivity index (χ0) is 20.5. The Labute approximate surface area is 179 Å². The van der Waals surface area contributed by atoms with Crippen LogP contribution in [0.3, 0.4) is 0 Å². The van der Waals surface area contributed by atoms with Crippen molar-refractivity contribution in [2.75, 3.05) is 39.3 Å². The smallest absolute Gasteiger partial charge is 0.225 e. The lowest BCUT2D eigenvalue weighted by Crippen LogP contribution is -2.53. The molecule has 5 rings (SSSR count). The van der Waals surface area contributed by atoms with Crippen molar-refractivity contribution in [1.29, 1.82) is 5.26 Å². The van der Waals surface area contributed by atoms with Gasteiger partial charge in [-0.2, -0.15) is 5.26 Å². The molecule has 0 aromatic heterocycles. The third-order valence-electron chi connectivity index (χ3n) is 7.71. The Balaban J connectivity index is 1.08. The van der Waals surface area contributed by atoms with Gasteiger partial charge in [-0.15, -0.1) is 0 Å². The minimum Gasteiger partial charge on any atom is -0.493 e. The van der Waals surface area contributed by atoms with Crippen LogP contribution in [0.2, 0.25) is 0 Å². The molecule has 2 atom stereocenters. The van der Waals surface area contributed by atoms with Crippen LogP contribution in [0.25, 0.3) is 0 Å². The summed E-state index contributed by atoms with van der Waals surface area (Å²) in [5.41, 5.74) is 1.96. The molecule has 1 saturated carbocycles. The first-order valence-corrected chi connectivity index (χ1v) is 11.6. The van der Waals surface area contributed by atoms with E-state index in [1.54, 1.807) is 0 Å². The summed E-state index contributed by atoms with van der Waals surface area (Å²) in [4.78, 5) is 14.7. The van der Waals surface area contributed by atoms with E-state index in [9.17, 15) is 10.1 Å². The van der Waals surface area contributed by atoms with E-state index in [4.69, 9.17) is 4.74 Å². The van der Waals surface area contributed by atoms with Crippen molar-refractivity contribution in [3.8, 4) is 11.8 Å². The number of nitrogens with one attached hydrogen (secondary N) is 2. The molecule has 0 unspecified atom stereocenters. The van der Waals surface area contributed by atoms with Crippen LogP contribution in [0.5, 0.6) is 5.75 Å². The Bertz CT molecular complexity index is 823. The van der Waals surface area contributed by atoms with Crippen LogP contribution in [0, 0.1) is 29.1 Å². The fraction of sp³-hybridized carbons (Fsp3) is 0.667. The highest BCUT2D eigenvalue weighted by atomic mass is 16.5. The number of hydrogen-bond donors (Lipinski definition) is 2. The summed E-state index contributed by atoms with van der Waals surface area (Å²) < 4.78 is 5.98. The Morgan fingerprint density at radius 3 is 2.80 bits per heavy atom. The highest BCUT2D eigenvalue weighted by Crippen LogP contribution is 2.42. The topological polar surface area (TPSA) is 77.4 Å². The van der Waals surface area contributed by atoms with Crippen molar-refractivity contribution >= 4 is 5.91 Å². The van der Waals surface area contributed by atoms with E-state index < -0.39 is 0 Å². The molecule has 3 heterocycles. The summed E-state index contributed by atoms with van der Waals surface area (Å²) in [7, 11) is 0. The summed E-state index contributed by atoms with van der Waals surface area (Å²) in [5.74, 6) is 3.22. The predicted octanol–water partition coefficient (Wildman–Crippen LogP) is 2.25. The quantitative estimate of drug-likeness (QED) is 0.781. The molecule has 1 aromatic rings. The molecule has 2 N–H and O–H groups in total. The number of carbonyl (C=O) groups excluding carboxylic acids is 1. The fourth-order valence-electron chi connectivity index (χ4n) is 5.65. The van der Waals surface area contributed by atoms with Crippen molar-refractivity contribution in [3.05, 3.63) is 29.3 Å². The third-order valence-corrected chi connectivity index (χ3v) is 7.71. The largest absolute Gasteiger partial charge is 0.493 e. The van der Waals surface area contributed by atoms with Crippen molar-refractivity contribution in [1.82, 2.24) is 15.5 Å². The SMILES string of the molecule is N#Cc1ccc2c(c1)[C@@H]1CN(CCC3CCC(NC(=O)C4CNC4)CC3)C[C@H]1CO2. The van der Waals surface area contributed by atoms with Crippen molar-refractivity contribution in [3.63, 3.8) is 0 Å². The molecular weight excluding hydrogens is 376 g/mol. The number of rotatable bonds is 5. The molecule has 3 fully saturated rings. The van der Waals surface area contributed by atoms with Crippen LogP contribution in [0.15, 0.2) is 18.2 Å². The van der Waals surface area contributed by atoms with E-state index in [1.807, 2.05) is 18.2 Å². The first-order valence-electron chi connectivity index (χ1n) is 11.6. The number of fused-ring (bicyclic) bond motifs is 3. The second-order valence-corrected chi connectivity index (χ2v) is 9.67. The highest BCUT2D eigenvalue weighted by Gasteiger charge is 2.39. The van der Waals surface area contributed by atoms with Gasteiger partial charge in [0.15, 0.2) is 0 Å². The second-order valence-electron chi connectivity index (χ2n) is 9.67. The van der Waals surface area contributed by atoms with Crippen LogP contribution in [-0.4, -0.2) is 56.2 Å². The first-order chi connectivity index (χ1) is 14.7. The van der Waals surface area contributed by atoms with Gasteiger partial charge in [-0.05, 0) is 62.8 Å². The maximum atomic E-state index is 12.1. The number of benzene rings is 1. The average molecular weight is 409 g/mol. The van der Waals surface area contributed by atoms with E-state index >= 15 is 0 Å². The number of amides is 1. The van der Waals surface area contributed by atoms with Crippen LogP contribution < -0.4 is 15.4 Å². The van der Waals surface area contributed by atoms with E-state index in [0.717, 1.165) is 69.4 Å².